The molecule has 0 aliphatic heterocycles. The van der Waals surface area contributed by atoms with Crippen LogP contribution < -0.4 is 5.32 Å². The summed E-state index contributed by atoms with van der Waals surface area (Å²) in [5.74, 6) is -0.253. The summed E-state index contributed by atoms with van der Waals surface area (Å²) in [6.07, 6.45) is 0. The van der Waals surface area contributed by atoms with Crippen molar-refractivity contribution in [3.8, 4) is 0 Å². The lowest BCUT2D eigenvalue weighted by Gasteiger charge is -2.17. The van der Waals surface area contributed by atoms with Crippen LogP contribution >= 0.6 is 0 Å². The number of aliphatic hydroxyl groups excluding tert-OH is 1. The van der Waals surface area contributed by atoms with Gasteiger partial charge in [-0.1, -0.05) is 32.0 Å². The van der Waals surface area contributed by atoms with Gasteiger partial charge in [0.05, 0.1) is 12.5 Å². The van der Waals surface area contributed by atoms with E-state index in [1.165, 1.54) is 11.1 Å². The van der Waals surface area contributed by atoms with Crippen LogP contribution in [-0.4, -0.2) is 17.6 Å². The minimum atomic E-state index is -0.323. The quantitative estimate of drug-likeness (QED) is 0.840. The smallest absolute Gasteiger partial charge is 0.225 e. The van der Waals surface area contributed by atoms with Gasteiger partial charge >= 0.3 is 0 Å². The Hall–Kier alpha value is -1.35. The summed E-state index contributed by atoms with van der Waals surface area (Å²) in [6.45, 7) is 8.43. The van der Waals surface area contributed by atoms with E-state index in [9.17, 15) is 9.90 Å². The molecule has 0 bridgehead atoms. The van der Waals surface area contributed by atoms with E-state index in [4.69, 9.17) is 0 Å². The van der Waals surface area contributed by atoms with Gasteiger partial charge in [-0.25, -0.2) is 0 Å². The number of nitrogens with one attached hydrogen (secondary N) is 1. The first kappa shape index (κ1) is 14.7. The van der Waals surface area contributed by atoms with Crippen LogP contribution in [0.25, 0.3) is 0 Å². The van der Waals surface area contributed by atoms with Crippen LogP contribution in [0.2, 0.25) is 0 Å². The highest BCUT2D eigenvalue weighted by atomic mass is 16.3. The first-order chi connectivity index (χ1) is 8.45. The van der Waals surface area contributed by atoms with Gasteiger partial charge in [-0.15, -0.1) is 0 Å². The summed E-state index contributed by atoms with van der Waals surface area (Å²) >= 11 is 0. The van der Waals surface area contributed by atoms with Crippen molar-refractivity contribution >= 4 is 5.91 Å². The molecule has 1 atom stereocenters. The van der Waals surface area contributed by atoms with Crippen LogP contribution in [0.4, 0.5) is 0 Å². The average Bonchev–Trinajstić information content (AvgIpc) is 2.31. The van der Waals surface area contributed by atoms with Crippen LogP contribution in [0.3, 0.4) is 0 Å². The number of carbonyl (C=O) groups excluding carboxylic acids is 1. The Kier molecular flexibility index (Phi) is 5.35. The molecule has 0 fully saturated rings. The summed E-state index contributed by atoms with van der Waals surface area (Å²) in [5, 5.41) is 12.1. The number of aliphatic hydroxyl groups is 1. The lowest BCUT2D eigenvalue weighted by Crippen LogP contribution is -2.35. The van der Waals surface area contributed by atoms with E-state index in [0.717, 1.165) is 5.56 Å². The second kappa shape index (κ2) is 6.55. The summed E-state index contributed by atoms with van der Waals surface area (Å²) in [5.41, 5.74) is 3.57. The minimum Gasteiger partial charge on any atom is -0.396 e. The molecule has 2 N–H and O–H groups in total. The van der Waals surface area contributed by atoms with Gasteiger partial charge in [0.2, 0.25) is 5.91 Å². The monoisotopic (exact) mass is 249 g/mol. The van der Waals surface area contributed by atoms with Crippen molar-refractivity contribution in [2.45, 2.75) is 34.2 Å². The normalized spacial score (nSPS) is 12.6. The molecule has 1 rings (SSSR count). The Labute approximate surface area is 109 Å². The molecule has 0 radical (unpaired) electrons. The lowest BCUT2D eigenvalue weighted by atomic mass is 9.96. The molecule has 100 valence electrons. The molecule has 0 aromatic heterocycles. The summed E-state index contributed by atoms with van der Waals surface area (Å²) in [6, 6.07) is 6.16. The maximum absolute atomic E-state index is 11.9. The van der Waals surface area contributed by atoms with E-state index in [1.807, 2.05) is 19.9 Å². The molecule has 3 heteroatoms. The van der Waals surface area contributed by atoms with Crippen LogP contribution in [0.5, 0.6) is 0 Å². The highest BCUT2D eigenvalue weighted by Gasteiger charge is 2.20. The number of aryl methyl sites for hydroxylation is 2. The standard InChI is InChI=1S/C15H23NO2/c1-10(2)14(9-17)15(18)16-8-13-6-5-11(3)12(4)7-13/h5-7,10,14,17H,8-9H2,1-4H3,(H,16,18). The predicted molar refractivity (Wildman–Crippen MR) is 73.2 cm³/mol. The third-order valence-electron chi connectivity index (χ3n) is 3.38. The molecule has 3 nitrogen and oxygen atoms in total. The zero-order valence-electron chi connectivity index (χ0n) is 11.7. The van der Waals surface area contributed by atoms with Crippen molar-refractivity contribution in [2.24, 2.45) is 11.8 Å². The lowest BCUT2D eigenvalue weighted by molar-refractivity contribution is -0.127. The van der Waals surface area contributed by atoms with Gasteiger partial charge in [-0.3, -0.25) is 4.79 Å². The summed E-state index contributed by atoms with van der Waals surface area (Å²) in [4.78, 5) is 11.9. The van der Waals surface area contributed by atoms with Crippen molar-refractivity contribution in [2.75, 3.05) is 6.61 Å². The highest BCUT2D eigenvalue weighted by Crippen LogP contribution is 2.12. The molecule has 1 aromatic carbocycles. The summed E-state index contributed by atoms with van der Waals surface area (Å²) < 4.78 is 0. The van der Waals surface area contributed by atoms with E-state index < -0.39 is 0 Å². The molecule has 0 heterocycles. The topological polar surface area (TPSA) is 49.3 Å². The number of benzene rings is 1. The van der Waals surface area contributed by atoms with Gasteiger partial charge in [-0.2, -0.15) is 0 Å². The van der Waals surface area contributed by atoms with Gasteiger partial charge < -0.3 is 10.4 Å². The van der Waals surface area contributed by atoms with E-state index in [-0.39, 0.29) is 24.3 Å². The fraction of sp³-hybridized carbons (Fsp3) is 0.533. The Morgan fingerprint density at radius 1 is 1.28 bits per heavy atom. The molecule has 0 saturated carbocycles. The number of carbonyl (C=O) groups is 1. The molecular weight excluding hydrogens is 226 g/mol. The largest absolute Gasteiger partial charge is 0.396 e. The first-order valence-corrected chi connectivity index (χ1v) is 6.40. The molecule has 0 aliphatic rings. The van der Waals surface area contributed by atoms with Gasteiger partial charge in [-0.05, 0) is 36.5 Å². The Morgan fingerprint density at radius 2 is 1.94 bits per heavy atom. The zero-order valence-corrected chi connectivity index (χ0v) is 11.7. The third kappa shape index (κ3) is 3.84. The Bertz CT molecular complexity index is 413. The fourth-order valence-electron chi connectivity index (χ4n) is 1.83. The second-order valence-corrected chi connectivity index (χ2v) is 5.17. The number of hydrogen-bond donors (Lipinski definition) is 2. The number of amides is 1. The maximum atomic E-state index is 11.9. The summed E-state index contributed by atoms with van der Waals surface area (Å²) in [7, 11) is 0. The van der Waals surface area contributed by atoms with Gasteiger partial charge in [0.25, 0.3) is 0 Å². The van der Waals surface area contributed by atoms with E-state index in [2.05, 4.69) is 31.3 Å². The van der Waals surface area contributed by atoms with Crippen molar-refractivity contribution in [1.82, 2.24) is 5.32 Å². The molecule has 1 amide bonds. The van der Waals surface area contributed by atoms with Crippen molar-refractivity contribution < 1.29 is 9.90 Å². The molecule has 0 saturated heterocycles. The highest BCUT2D eigenvalue weighted by molar-refractivity contribution is 5.78. The number of hydrogen-bond acceptors (Lipinski definition) is 2. The number of rotatable bonds is 5. The van der Waals surface area contributed by atoms with Crippen LogP contribution in [0, 0.1) is 25.7 Å². The van der Waals surface area contributed by atoms with Crippen molar-refractivity contribution in [3.63, 3.8) is 0 Å². The molecular formula is C15H23NO2. The zero-order chi connectivity index (χ0) is 13.7. The van der Waals surface area contributed by atoms with Gasteiger partial charge in [0.1, 0.15) is 0 Å². The van der Waals surface area contributed by atoms with Gasteiger partial charge in [0, 0.05) is 6.54 Å². The fourth-order valence-corrected chi connectivity index (χ4v) is 1.83. The van der Waals surface area contributed by atoms with Crippen molar-refractivity contribution in [1.29, 1.82) is 0 Å². The Balaban J connectivity index is 2.59. The molecule has 1 unspecified atom stereocenters. The Morgan fingerprint density at radius 3 is 2.44 bits per heavy atom. The average molecular weight is 249 g/mol. The van der Waals surface area contributed by atoms with Crippen molar-refractivity contribution in [3.05, 3.63) is 34.9 Å². The van der Waals surface area contributed by atoms with E-state index >= 15 is 0 Å². The van der Waals surface area contributed by atoms with Crippen LogP contribution in [0.1, 0.15) is 30.5 Å². The molecule has 18 heavy (non-hydrogen) atoms. The van der Waals surface area contributed by atoms with E-state index in [0.29, 0.717) is 6.54 Å². The van der Waals surface area contributed by atoms with E-state index in [1.54, 1.807) is 0 Å². The van der Waals surface area contributed by atoms with Gasteiger partial charge in [0.15, 0.2) is 0 Å². The third-order valence-corrected chi connectivity index (χ3v) is 3.38. The predicted octanol–water partition coefficient (Wildman–Crippen LogP) is 2.18. The maximum Gasteiger partial charge on any atom is 0.225 e. The second-order valence-electron chi connectivity index (χ2n) is 5.17. The van der Waals surface area contributed by atoms with Crippen LogP contribution in [-0.2, 0) is 11.3 Å². The SMILES string of the molecule is Cc1ccc(CNC(=O)C(CO)C(C)C)cc1C. The minimum absolute atomic E-state index is 0.0780. The first-order valence-electron chi connectivity index (χ1n) is 6.40. The van der Waals surface area contributed by atoms with Crippen LogP contribution in [0.15, 0.2) is 18.2 Å². The molecule has 0 aliphatic carbocycles. The molecule has 1 aromatic rings. The molecule has 0 spiro atoms.